The van der Waals surface area contributed by atoms with E-state index < -0.39 is 0 Å². The van der Waals surface area contributed by atoms with Crippen LogP contribution in [0.15, 0.2) is 12.3 Å². The molecule has 1 aromatic rings. The van der Waals surface area contributed by atoms with E-state index in [-0.39, 0.29) is 23.8 Å². The van der Waals surface area contributed by atoms with Crippen molar-refractivity contribution < 1.29 is 9.53 Å². The number of carbonyl (C=O) groups is 1. The van der Waals surface area contributed by atoms with Gasteiger partial charge in [-0.25, -0.2) is 9.97 Å². The average molecular weight is 319 g/mol. The summed E-state index contributed by atoms with van der Waals surface area (Å²) in [5.74, 6) is 0.851. The minimum absolute atomic E-state index is 0.0789. The highest BCUT2D eigenvalue weighted by Gasteiger charge is 2.35. The van der Waals surface area contributed by atoms with Gasteiger partial charge in [0, 0.05) is 44.3 Å². The lowest BCUT2D eigenvalue weighted by atomic mass is 9.91. The molecule has 2 N–H and O–H groups in total. The summed E-state index contributed by atoms with van der Waals surface area (Å²) < 4.78 is 5.38. The lowest BCUT2D eigenvalue weighted by Crippen LogP contribution is -2.39. The van der Waals surface area contributed by atoms with Gasteiger partial charge >= 0.3 is 0 Å². The highest BCUT2D eigenvalue weighted by Crippen LogP contribution is 2.28. The first-order chi connectivity index (χ1) is 11.1. The van der Waals surface area contributed by atoms with E-state index in [1.165, 1.54) is 0 Å². The van der Waals surface area contributed by atoms with Crippen molar-refractivity contribution in [2.45, 2.75) is 25.8 Å². The number of hydrogen-bond donors (Lipinski definition) is 2. The van der Waals surface area contributed by atoms with Crippen LogP contribution in [-0.4, -0.2) is 61.3 Å². The summed E-state index contributed by atoms with van der Waals surface area (Å²) in [4.78, 5) is 23.7. The van der Waals surface area contributed by atoms with Crippen LogP contribution in [0.5, 0.6) is 0 Å². The molecule has 7 heteroatoms. The van der Waals surface area contributed by atoms with Gasteiger partial charge in [0.25, 0.3) is 0 Å². The van der Waals surface area contributed by atoms with Gasteiger partial charge in [-0.3, -0.25) is 4.79 Å². The summed E-state index contributed by atoms with van der Waals surface area (Å²) in [6.45, 7) is 8.46. The summed E-state index contributed by atoms with van der Waals surface area (Å²) in [5, 5.41) is 6.33. The van der Waals surface area contributed by atoms with Crippen LogP contribution in [0.2, 0.25) is 0 Å². The van der Waals surface area contributed by atoms with E-state index in [9.17, 15) is 4.79 Å². The molecular weight excluding hydrogens is 294 g/mol. The maximum atomic E-state index is 12.4. The zero-order valence-electron chi connectivity index (χ0n) is 13.8. The molecule has 7 nitrogen and oxygen atoms in total. The summed E-state index contributed by atoms with van der Waals surface area (Å²) >= 11 is 0. The highest BCUT2D eigenvalue weighted by molar-refractivity contribution is 5.80. The van der Waals surface area contributed by atoms with Crippen LogP contribution in [0.1, 0.15) is 25.5 Å². The Morgan fingerprint density at radius 3 is 2.91 bits per heavy atom. The second-order valence-electron chi connectivity index (χ2n) is 6.42. The maximum Gasteiger partial charge on any atom is 0.225 e. The van der Waals surface area contributed by atoms with Crippen LogP contribution in [0, 0.1) is 5.92 Å². The lowest BCUT2D eigenvalue weighted by molar-refractivity contribution is -0.125. The maximum absolute atomic E-state index is 12.4. The Bertz CT molecular complexity index is 545. The molecule has 0 aliphatic carbocycles. The Morgan fingerprint density at radius 1 is 1.39 bits per heavy atom. The fraction of sp³-hybridized carbons (Fsp3) is 0.688. The van der Waals surface area contributed by atoms with E-state index in [0.29, 0.717) is 19.8 Å². The smallest absolute Gasteiger partial charge is 0.225 e. The normalized spacial score (nSPS) is 24.9. The van der Waals surface area contributed by atoms with E-state index >= 15 is 0 Å². The number of ether oxygens (including phenoxy) is 1. The van der Waals surface area contributed by atoms with Gasteiger partial charge in [-0.1, -0.05) is 0 Å². The molecular formula is C16H25N5O2. The molecule has 2 aliphatic heterocycles. The predicted molar refractivity (Wildman–Crippen MR) is 87.4 cm³/mol. The molecule has 0 radical (unpaired) electrons. The molecule has 2 saturated heterocycles. The topological polar surface area (TPSA) is 79.4 Å². The molecule has 0 saturated carbocycles. The fourth-order valence-corrected chi connectivity index (χ4v) is 3.14. The van der Waals surface area contributed by atoms with Gasteiger partial charge in [-0.05, 0) is 19.9 Å². The summed E-state index contributed by atoms with van der Waals surface area (Å²) in [6.07, 6.45) is 1.79. The fourth-order valence-electron chi connectivity index (χ4n) is 3.14. The third-order valence-corrected chi connectivity index (χ3v) is 4.32. The van der Waals surface area contributed by atoms with Crippen molar-refractivity contribution in [3.8, 4) is 0 Å². The Morgan fingerprint density at radius 2 is 2.17 bits per heavy atom. The Balaban J connectivity index is 1.76. The number of hydrogen-bond acceptors (Lipinski definition) is 6. The quantitative estimate of drug-likeness (QED) is 0.822. The van der Waals surface area contributed by atoms with Gasteiger partial charge < -0.3 is 20.3 Å². The number of carbonyl (C=O) groups excluding carboxylic acids is 1. The van der Waals surface area contributed by atoms with Crippen LogP contribution < -0.4 is 15.5 Å². The number of morpholine rings is 1. The van der Waals surface area contributed by atoms with Crippen LogP contribution in [-0.2, 0) is 9.53 Å². The minimum Gasteiger partial charge on any atom is -0.378 e. The van der Waals surface area contributed by atoms with Crippen LogP contribution in [0.25, 0.3) is 0 Å². The van der Waals surface area contributed by atoms with Gasteiger partial charge in [0.15, 0.2) is 0 Å². The SMILES string of the molecule is CC(C)NC(=O)[C@H]1CNC[C@@H]1c1ccnc(N2CCOCC2)n1. The average Bonchev–Trinajstić information content (AvgIpc) is 3.05. The molecule has 0 bridgehead atoms. The molecule has 23 heavy (non-hydrogen) atoms. The van der Waals surface area contributed by atoms with Crippen molar-refractivity contribution in [2.75, 3.05) is 44.3 Å². The van der Waals surface area contributed by atoms with Gasteiger partial charge in [-0.15, -0.1) is 0 Å². The molecule has 2 aliphatic rings. The zero-order valence-corrected chi connectivity index (χ0v) is 13.8. The molecule has 0 spiro atoms. The van der Waals surface area contributed by atoms with Gasteiger partial charge in [0.05, 0.1) is 24.8 Å². The zero-order chi connectivity index (χ0) is 16.2. The third kappa shape index (κ3) is 3.79. The second kappa shape index (κ2) is 7.23. The number of anilines is 1. The van der Waals surface area contributed by atoms with Gasteiger partial charge in [0.2, 0.25) is 11.9 Å². The number of nitrogens with one attached hydrogen (secondary N) is 2. The van der Waals surface area contributed by atoms with Crippen molar-refractivity contribution in [1.82, 2.24) is 20.6 Å². The van der Waals surface area contributed by atoms with E-state index in [1.807, 2.05) is 19.9 Å². The number of nitrogens with zero attached hydrogens (tertiary/aromatic N) is 3. The highest BCUT2D eigenvalue weighted by atomic mass is 16.5. The van der Waals surface area contributed by atoms with Crippen molar-refractivity contribution in [1.29, 1.82) is 0 Å². The molecule has 3 rings (SSSR count). The minimum atomic E-state index is -0.0789. The summed E-state index contributed by atoms with van der Waals surface area (Å²) in [5.41, 5.74) is 0.940. The van der Waals surface area contributed by atoms with Crippen molar-refractivity contribution in [3.63, 3.8) is 0 Å². The molecule has 3 heterocycles. The molecule has 1 aromatic heterocycles. The molecule has 0 unspecified atom stereocenters. The number of rotatable bonds is 4. The first-order valence-electron chi connectivity index (χ1n) is 8.32. The van der Waals surface area contributed by atoms with Gasteiger partial charge in [-0.2, -0.15) is 0 Å². The van der Waals surface area contributed by atoms with Crippen LogP contribution >= 0.6 is 0 Å². The Hall–Kier alpha value is -1.73. The number of aromatic nitrogens is 2. The van der Waals surface area contributed by atoms with E-state index in [2.05, 4.69) is 20.5 Å². The lowest BCUT2D eigenvalue weighted by Gasteiger charge is -2.27. The first kappa shape index (κ1) is 16.1. The summed E-state index contributed by atoms with van der Waals surface area (Å²) in [7, 11) is 0. The first-order valence-corrected chi connectivity index (χ1v) is 8.32. The summed E-state index contributed by atoms with van der Waals surface area (Å²) in [6, 6.07) is 2.08. The standard InChI is InChI=1S/C16H25N5O2/c1-11(2)19-15(22)13-10-17-9-12(13)14-3-4-18-16(20-14)21-5-7-23-8-6-21/h3-4,11-13,17H,5-10H2,1-2H3,(H,19,22)/t12-,13-/m0/s1. The van der Waals surface area contributed by atoms with E-state index in [4.69, 9.17) is 9.72 Å². The molecule has 2 fully saturated rings. The van der Waals surface area contributed by atoms with Crippen molar-refractivity contribution in [3.05, 3.63) is 18.0 Å². The van der Waals surface area contributed by atoms with E-state index in [1.54, 1.807) is 6.20 Å². The largest absolute Gasteiger partial charge is 0.378 e. The number of amides is 1. The molecule has 1 amide bonds. The van der Waals surface area contributed by atoms with Crippen LogP contribution in [0.3, 0.4) is 0 Å². The molecule has 126 valence electrons. The van der Waals surface area contributed by atoms with E-state index in [0.717, 1.165) is 31.3 Å². The second-order valence-corrected chi connectivity index (χ2v) is 6.42. The monoisotopic (exact) mass is 319 g/mol. The molecule has 0 aromatic carbocycles. The van der Waals surface area contributed by atoms with Crippen molar-refractivity contribution >= 4 is 11.9 Å². The van der Waals surface area contributed by atoms with Crippen LogP contribution in [0.4, 0.5) is 5.95 Å². The Labute approximate surface area is 136 Å². The molecule has 2 atom stereocenters. The third-order valence-electron chi connectivity index (χ3n) is 4.32. The van der Waals surface area contributed by atoms with Gasteiger partial charge in [0.1, 0.15) is 0 Å². The predicted octanol–water partition coefficient (Wildman–Crippen LogP) is 0.141. The Kier molecular flexibility index (Phi) is 5.07. The van der Waals surface area contributed by atoms with Crippen molar-refractivity contribution in [2.24, 2.45) is 5.92 Å².